The molecule has 0 bridgehead atoms. The highest BCUT2D eigenvalue weighted by atomic mass is 19.1. The van der Waals surface area contributed by atoms with Crippen LogP contribution in [0, 0.1) is 19.7 Å². The van der Waals surface area contributed by atoms with Gasteiger partial charge in [0.2, 0.25) is 5.91 Å². The molecule has 0 aliphatic carbocycles. The van der Waals surface area contributed by atoms with Gasteiger partial charge in [-0.25, -0.2) is 9.38 Å². The van der Waals surface area contributed by atoms with Gasteiger partial charge >= 0.3 is 0 Å². The monoisotopic (exact) mass is 500 g/mol. The number of carbonyl (C=O) groups is 1. The third kappa shape index (κ3) is 8.23. The smallest absolute Gasteiger partial charge is 0.236 e. The Labute approximate surface area is 217 Å². The molecule has 1 aromatic rings. The normalized spacial score (nSPS) is 16.0. The molecular weight excluding hydrogens is 455 g/mol. The predicted octanol–water partition coefficient (Wildman–Crippen LogP) is 4.11. The van der Waals surface area contributed by atoms with Crippen LogP contribution in [-0.2, 0) is 4.79 Å². The molecule has 7 nitrogen and oxygen atoms in total. The van der Waals surface area contributed by atoms with Crippen LogP contribution in [0.5, 0.6) is 0 Å². The maximum atomic E-state index is 14.5. The molecule has 0 radical (unpaired) electrons. The zero-order valence-corrected chi connectivity index (χ0v) is 23.1. The molecule has 3 rings (SSSR count). The number of halogens is 1. The van der Waals surface area contributed by atoms with Crippen LogP contribution in [0.3, 0.4) is 0 Å². The highest BCUT2D eigenvalue weighted by Gasteiger charge is 2.23. The van der Waals surface area contributed by atoms with E-state index >= 15 is 0 Å². The summed E-state index contributed by atoms with van der Waals surface area (Å²) in [5.74, 6) is 0.856. The topological polar surface area (TPSA) is 63.5 Å². The number of hydrogen-bond acceptors (Lipinski definition) is 6. The van der Waals surface area contributed by atoms with Crippen molar-refractivity contribution >= 4 is 23.7 Å². The summed E-state index contributed by atoms with van der Waals surface area (Å²) in [7, 11) is 0. The zero-order valence-electron chi connectivity index (χ0n) is 23.1. The van der Waals surface area contributed by atoms with Crippen molar-refractivity contribution in [2.24, 2.45) is 9.98 Å². The molecule has 2 aliphatic heterocycles. The van der Waals surface area contributed by atoms with E-state index in [-0.39, 0.29) is 11.7 Å². The zero-order chi connectivity index (χ0) is 26.5. The first-order chi connectivity index (χ1) is 17.4. The Morgan fingerprint density at radius 3 is 2.50 bits per heavy atom. The predicted molar refractivity (Wildman–Crippen MR) is 149 cm³/mol. The Morgan fingerprint density at radius 1 is 1.11 bits per heavy atom. The minimum Gasteiger partial charge on any atom is -0.357 e. The van der Waals surface area contributed by atoms with Gasteiger partial charge in [-0.05, 0) is 50.9 Å². The molecule has 1 fully saturated rings. The van der Waals surface area contributed by atoms with Crippen LogP contribution in [0.25, 0.3) is 5.70 Å². The van der Waals surface area contributed by atoms with Gasteiger partial charge in [0, 0.05) is 64.0 Å². The Bertz CT molecular complexity index is 934. The second kappa shape index (κ2) is 15.5. The van der Waals surface area contributed by atoms with Crippen molar-refractivity contribution in [3.63, 3.8) is 0 Å². The number of aliphatic imine (C=N–C) groups is 2. The number of piperazine rings is 1. The summed E-state index contributed by atoms with van der Waals surface area (Å²) < 4.78 is 14.5. The summed E-state index contributed by atoms with van der Waals surface area (Å²) in [5, 5.41) is 3.36. The molecule has 1 aromatic carbocycles. The highest BCUT2D eigenvalue weighted by Crippen LogP contribution is 2.27. The van der Waals surface area contributed by atoms with Gasteiger partial charge in [-0.1, -0.05) is 26.8 Å². The first kappa shape index (κ1) is 29.6. The largest absolute Gasteiger partial charge is 0.357 e. The quantitative estimate of drug-likeness (QED) is 0.519. The summed E-state index contributed by atoms with van der Waals surface area (Å²) in [5.41, 5.74) is 3.01. The van der Waals surface area contributed by atoms with Crippen LogP contribution in [0.4, 0.5) is 4.39 Å². The van der Waals surface area contributed by atoms with Gasteiger partial charge in [0.1, 0.15) is 11.7 Å². The number of nitrogens with one attached hydrogen (secondary N) is 1. The molecular formula is C28H45FN6O. The van der Waals surface area contributed by atoms with E-state index in [9.17, 15) is 9.18 Å². The standard InChI is InChI=1S/C26H39FN6O.C2H6/c1-5-10-28-12-13-32(6-2)25(34)19-31-14-16-33(17-15-31)24-9-11-29-23(18-30-24)26-21(4)20(3)7-8-22(26)27;1-2/h7-8,11,18,28H,5-6,9-10,12-17,19H2,1-4H3;1-2H3. The van der Waals surface area contributed by atoms with Gasteiger partial charge in [0.25, 0.3) is 0 Å². The fourth-order valence-corrected chi connectivity index (χ4v) is 4.31. The summed E-state index contributed by atoms with van der Waals surface area (Å²) >= 11 is 0. The van der Waals surface area contributed by atoms with Crippen molar-refractivity contribution in [3.8, 4) is 0 Å². The molecule has 0 saturated carbocycles. The number of hydrogen-bond donors (Lipinski definition) is 1. The number of amidine groups is 1. The van der Waals surface area contributed by atoms with Crippen LogP contribution in [0.15, 0.2) is 28.3 Å². The lowest BCUT2D eigenvalue weighted by molar-refractivity contribution is -0.132. The Kier molecular flexibility index (Phi) is 12.8. The second-order valence-corrected chi connectivity index (χ2v) is 8.93. The van der Waals surface area contributed by atoms with Gasteiger partial charge in [-0.15, -0.1) is 0 Å². The SMILES string of the molecule is CC.CCCNCCN(CC)C(=O)CN1CCN(C2=NC=C(c3c(F)ccc(C)c3C)N=CC2)CC1. The van der Waals surface area contributed by atoms with E-state index in [1.54, 1.807) is 12.3 Å². The first-order valence-corrected chi connectivity index (χ1v) is 13.5. The molecule has 2 aliphatic rings. The number of nitrogens with zero attached hydrogens (tertiary/aromatic N) is 5. The lowest BCUT2D eigenvalue weighted by Gasteiger charge is -2.36. The number of benzene rings is 1. The minimum absolute atomic E-state index is 0.191. The van der Waals surface area contributed by atoms with Crippen LogP contribution in [-0.4, -0.2) is 91.6 Å². The fourth-order valence-electron chi connectivity index (χ4n) is 4.31. The molecule has 2 heterocycles. The van der Waals surface area contributed by atoms with Gasteiger partial charge in [-0.2, -0.15) is 0 Å². The highest BCUT2D eigenvalue weighted by molar-refractivity contribution is 5.97. The molecule has 200 valence electrons. The van der Waals surface area contributed by atoms with E-state index in [0.29, 0.717) is 24.2 Å². The number of aryl methyl sites for hydroxylation is 1. The number of rotatable bonds is 9. The summed E-state index contributed by atoms with van der Waals surface area (Å²) in [6.45, 7) is 19.1. The molecule has 1 saturated heterocycles. The molecule has 36 heavy (non-hydrogen) atoms. The van der Waals surface area contributed by atoms with Crippen LogP contribution in [0.2, 0.25) is 0 Å². The van der Waals surface area contributed by atoms with Crippen molar-refractivity contribution in [2.75, 3.05) is 58.9 Å². The average Bonchev–Trinajstić information content (AvgIpc) is 3.14. The van der Waals surface area contributed by atoms with Crippen molar-refractivity contribution < 1.29 is 9.18 Å². The Balaban J connectivity index is 0.00000222. The summed E-state index contributed by atoms with van der Waals surface area (Å²) in [4.78, 5) is 28.3. The fraction of sp³-hybridized carbons (Fsp3) is 0.607. The van der Waals surface area contributed by atoms with Gasteiger partial charge in [0.05, 0.1) is 18.4 Å². The molecule has 0 aromatic heterocycles. The van der Waals surface area contributed by atoms with Crippen LogP contribution >= 0.6 is 0 Å². The Hall–Kier alpha value is -2.58. The molecule has 0 spiro atoms. The van der Waals surface area contributed by atoms with E-state index in [4.69, 9.17) is 0 Å². The van der Waals surface area contributed by atoms with Crippen molar-refractivity contribution in [3.05, 3.63) is 40.8 Å². The van der Waals surface area contributed by atoms with E-state index in [2.05, 4.69) is 32.0 Å². The maximum Gasteiger partial charge on any atom is 0.236 e. The lowest BCUT2D eigenvalue weighted by Crippen LogP contribution is -2.52. The van der Waals surface area contributed by atoms with Crippen molar-refractivity contribution in [1.29, 1.82) is 0 Å². The first-order valence-electron chi connectivity index (χ1n) is 13.5. The molecule has 1 amide bonds. The molecule has 0 unspecified atom stereocenters. The van der Waals surface area contributed by atoms with Crippen molar-refractivity contribution in [1.82, 2.24) is 20.0 Å². The van der Waals surface area contributed by atoms with Crippen LogP contribution in [0.1, 0.15) is 57.2 Å². The van der Waals surface area contributed by atoms with E-state index in [1.807, 2.05) is 45.7 Å². The third-order valence-corrected chi connectivity index (χ3v) is 6.60. The summed E-state index contributed by atoms with van der Waals surface area (Å²) in [6, 6.07) is 3.28. The number of carbonyl (C=O) groups excluding carboxylic acids is 1. The molecule has 0 atom stereocenters. The van der Waals surface area contributed by atoms with Crippen LogP contribution < -0.4 is 5.32 Å². The maximum absolute atomic E-state index is 14.5. The molecule has 1 N–H and O–H groups in total. The Morgan fingerprint density at radius 2 is 1.83 bits per heavy atom. The third-order valence-electron chi connectivity index (χ3n) is 6.60. The number of amides is 1. The van der Waals surface area contributed by atoms with E-state index in [0.717, 1.165) is 75.7 Å². The van der Waals surface area contributed by atoms with Gasteiger partial charge in [-0.3, -0.25) is 14.7 Å². The number of likely N-dealkylation sites (N-methyl/N-ethyl adjacent to an activating group) is 1. The van der Waals surface area contributed by atoms with E-state index < -0.39 is 0 Å². The van der Waals surface area contributed by atoms with Gasteiger partial charge in [0.15, 0.2) is 0 Å². The van der Waals surface area contributed by atoms with E-state index in [1.165, 1.54) is 6.07 Å². The second-order valence-electron chi connectivity index (χ2n) is 8.93. The van der Waals surface area contributed by atoms with Crippen molar-refractivity contribution in [2.45, 2.75) is 54.4 Å². The van der Waals surface area contributed by atoms with Gasteiger partial charge < -0.3 is 15.1 Å². The average molecular weight is 501 g/mol. The minimum atomic E-state index is -0.273. The summed E-state index contributed by atoms with van der Waals surface area (Å²) in [6.07, 6.45) is 5.21. The molecule has 8 heteroatoms. The lowest BCUT2D eigenvalue weighted by atomic mass is 10.0.